The molecule has 7 unspecified atom stereocenters. The van der Waals surface area contributed by atoms with Crippen LogP contribution in [0.25, 0.3) is 0 Å². The molecule has 2 saturated heterocycles. The molecule has 7 atom stereocenters. The summed E-state index contributed by atoms with van der Waals surface area (Å²) in [6, 6.07) is 0. The SMILES string of the molecule is CCNC(=O)CN1C(=O)C2C3CC4C(OC1C42)C3O. The van der Waals surface area contributed by atoms with E-state index in [2.05, 4.69) is 5.32 Å². The maximum absolute atomic E-state index is 12.5. The van der Waals surface area contributed by atoms with Crippen molar-refractivity contribution in [1.82, 2.24) is 10.2 Å². The van der Waals surface area contributed by atoms with Gasteiger partial charge in [-0.1, -0.05) is 0 Å². The zero-order valence-corrected chi connectivity index (χ0v) is 10.8. The van der Waals surface area contributed by atoms with Crippen molar-refractivity contribution in [2.75, 3.05) is 13.1 Å². The minimum absolute atomic E-state index is 0.00838. The second-order valence-corrected chi connectivity index (χ2v) is 6.07. The van der Waals surface area contributed by atoms with Gasteiger partial charge < -0.3 is 20.1 Å². The van der Waals surface area contributed by atoms with Gasteiger partial charge in [0.2, 0.25) is 11.8 Å². The second-order valence-electron chi connectivity index (χ2n) is 6.07. The number of nitrogens with one attached hydrogen (secondary N) is 1. The van der Waals surface area contributed by atoms with Gasteiger partial charge >= 0.3 is 0 Å². The van der Waals surface area contributed by atoms with Gasteiger partial charge in [-0.25, -0.2) is 0 Å². The molecule has 4 fully saturated rings. The highest BCUT2D eigenvalue weighted by atomic mass is 16.5. The first-order chi connectivity index (χ1) is 9.13. The van der Waals surface area contributed by atoms with Crippen LogP contribution in [0.5, 0.6) is 0 Å². The minimum Gasteiger partial charge on any atom is -0.390 e. The number of likely N-dealkylation sites (N-methyl/N-ethyl adjacent to an activating group) is 1. The van der Waals surface area contributed by atoms with Gasteiger partial charge in [-0.2, -0.15) is 0 Å². The molecule has 2 amide bonds. The van der Waals surface area contributed by atoms with E-state index in [-0.39, 0.29) is 48.4 Å². The molecule has 0 aromatic rings. The Labute approximate surface area is 111 Å². The van der Waals surface area contributed by atoms with E-state index >= 15 is 0 Å². The lowest BCUT2D eigenvalue weighted by atomic mass is 9.80. The molecule has 2 saturated carbocycles. The van der Waals surface area contributed by atoms with E-state index in [0.29, 0.717) is 12.5 Å². The summed E-state index contributed by atoms with van der Waals surface area (Å²) in [5.41, 5.74) is 0. The van der Waals surface area contributed by atoms with Crippen LogP contribution in [-0.4, -0.2) is 53.3 Å². The van der Waals surface area contributed by atoms with Crippen LogP contribution in [0.3, 0.4) is 0 Å². The van der Waals surface area contributed by atoms with Gasteiger partial charge in [0.05, 0.1) is 18.1 Å². The predicted molar refractivity (Wildman–Crippen MR) is 63.6 cm³/mol. The molecule has 104 valence electrons. The molecule has 2 N–H and O–H groups in total. The largest absolute Gasteiger partial charge is 0.390 e. The molecule has 0 spiro atoms. The van der Waals surface area contributed by atoms with Gasteiger partial charge in [0.1, 0.15) is 12.8 Å². The summed E-state index contributed by atoms with van der Waals surface area (Å²) in [6.07, 6.45) is -0.0107. The molecule has 6 nitrogen and oxygen atoms in total. The topological polar surface area (TPSA) is 78.9 Å². The van der Waals surface area contributed by atoms with Crippen LogP contribution in [0.15, 0.2) is 0 Å². The fourth-order valence-electron chi connectivity index (χ4n) is 4.72. The molecule has 2 aliphatic heterocycles. The number of aliphatic hydroxyl groups is 1. The third-order valence-electron chi connectivity index (χ3n) is 5.30. The molecule has 19 heavy (non-hydrogen) atoms. The molecule has 0 radical (unpaired) electrons. The van der Waals surface area contributed by atoms with Crippen molar-refractivity contribution in [3.8, 4) is 0 Å². The summed E-state index contributed by atoms with van der Waals surface area (Å²) in [5, 5.41) is 12.8. The van der Waals surface area contributed by atoms with Gasteiger partial charge in [-0.05, 0) is 25.2 Å². The summed E-state index contributed by atoms with van der Waals surface area (Å²) in [4.78, 5) is 25.7. The van der Waals surface area contributed by atoms with Gasteiger partial charge in [-0.3, -0.25) is 9.59 Å². The Hall–Kier alpha value is -1.14. The van der Waals surface area contributed by atoms with Crippen LogP contribution in [0, 0.1) is 23.7 Å². The van der Waals surface area contributed by atoms with Gasteiger partial charge in [0.25, 0.3) is 0 Å². The van der Waals surface area contributed by atoms with Crippen molar-refractivity contribution >= 4 is 11.8 Å². The zero-order valence-electron chi connectivity index (χ0n) is 10.8. The summed E-state index contributed by atoms with van der Waals surface area (Å²) in [6.45, 7) is 2.49. The van der Waals surface area contributed by atoms with E-state index in [9.17, 15) is 14.7 Å². The molecule has 4 rings (SSSR count). The number of nitrogens with zero attached hydrogens (tertiary/aromatic N) is 1. The van der Waals surface area contributed by atoms with Crippen LogP contribution in [0.1, 0.15) is 13.3 Å². The predicted octanol–water partition coefficient (Wildman–Crippen LogP) is -1.07. The number of carbonyl (C=O) groups is 2. The number of amides is 2. The van der Waals surface area contributed by atoms with E-state index < -0.39 is 6.10 Å². The molecule has 0 aromatic heterocycles. The number of hydrogen-bond donors (Lipinski definition) is 2. The second kappa shape index (κ2) is 3.70. The number of carbonyl (C=O) groups excluding carboxylic acids is 2. The minimum atomic E-state index is -0.494. The van der Waals surface area contributed by atoms with Crippen LogP contribution in [0.4, 0.5) is 0 Å². The third kappa shape index (κ3) is 1.28. The molecule has 0 aromatic carbocycles. The van der Waals surface area contributed by atoms with Crippen LogP contribution in [-0.2, 0) is 14.3 Å². The normalized spacial score (nSPS) is 49.3. The lowest BCUT2D eigenvalue weighted by Crippen LogP contribution is -2.47. The molecule has 4 aliphatic rings. The van der Waals surface area contributed by atoms with Crippen molar-refractivity contribution in [3.63, 3.8) is 0 Å². The third-order valence-corrected chi connectivity index (χ3v) is 5.30. The standard InChI is InChI=1S/C13H18N2O4/c1-2-14-7(16)4-15-12(18)8-5-3-6-9(8)13(15)19-11(6)10(5)17/h5-6,8-11,13,17H,2-4H2,1H3,(H,14,16). The lowest BCUT2D eigenvalue weighted by Gasteiger charge is -2.29. The molecule has 6 heteroatoms. The van der Waals surface area contributed by atoms with Crippen molar-refractivity contribution in [2.24, 2.45) is 23.7 Å². The fourth-order valence-corrected chi connectivity index (χ4v) is 4.72. The highest BCUT2D eigenvalue weighted by molar-refractivity contribution is 5.88. The number of ether oxygens (including phenoxy) is 1. The molecule has 2 heterocycles. The molecular weight excluding hydrogens is 248 g/mol. The Kier molecular flexibility index (Phi) is 2.27. The number of hydrogen-bond acceptors (Lipinski definition) is 4. The van der Waals surface area contributed by atoms with Crippen molar-refractivity contribution < 1.29 is 19.4 Å². The van der Waals surface area contributed by atoms with Gasteiger partial charge in [-0.15, -0.1) is 0 Å². The molecular formula is C13H18N2O4. The Morgan fingerprint density at radius 2 is 2.32 bits per heavy atom. The Bertz CT molecular complexity index is 454. The molecule has 2 bridgehead atoms. The Morgan fingerprint density at radius 3 is 3.05 bits per heavy atom. The van der Waals surface area contributed by atoms with E-state index in [0.717, 1.165) is 6.42 Å². The Balaban J connectivity index is 1.59. The first-order valence-electron chi connectivity index (χ1n) is 7.04. The number of rotatable bonds is 3. The van der Waals surface area contributed by atoms with Gasteiger partial charge in [0.15, 0.2) is 0 Å². The highest BCUT2D eigenvalue weighted by Gasteiger charge is 2.72. The lowest BCUT2D eigenvalue weighted by molar-refractivity contribution is -0.154. The highest BCUT2D eigenvalue weighted by Crippen LogP contribution is 2.63. The summed E-state index contributed by atoms with van der Waals surface area (Å²) < 4.78 is 5.88. The first kappa shape index (κ1) is 11.7. The van der Waals surface area contributed by atoms with Crippen LogP contribution < -0.4 is 5.32 Å². The van der Waals surface area contributed by atoms with Gasteiger partial charge in [0, 0.05) is 12.5 Å². The Morgan fingerprint density at radius 1 is 1.53 bits per heavy atom. The van der Waals surface area contributed by atoms with E-state index in [4.69, 9.17) is 4.74 Å². The van der Waals surface area contributed by atoms with Crippen molar-refractivity contribution in [2.45, 2.75) is 31.8 Å². The van der Waals surface area contributed by atoms with Crippen molar-refractivity contribution in [1.29, 1.82) is 0 Å². The van der Waals surface area contributed by atoms with E-state index in [1.165, 1.54) is 0 Å². The number of likely N-dealkylation sites (tertiary alicyclic amines) is 1. The smallest absolute Gasteiger partial charge is 0.239 e. The maximum Gasteiger partial charge on any atom is 0.239 e. The monoisotopic (exact) mass is 266 g/mol. The summed E-state index contributed by atoms with van der Waals surface area (Å²) >= 11 is 0. The van der Waals surface area contributed by atoms with E-state index in [1.807, 2.05) is 6.92 Å². The number of aliphatic hydroxyl groups excluding tert-OH is 1. The zero-order chi connectivity index (χ0) is 13.3. The quantitative estimate of drug-likeness (QED) is 0.682. The average Bonchev–Trinajstić information content (AvgIpc) is 3.02. The van der Waals surface area contributed by atoms with Crippen molar-refractivity contribution in [3.05, 3.63) is 0 Å². The summed E-state index contributed by atoms with van der Waals surface area (Å²) in [7, 11) is 0. The van der Waals surface area contributed by atoms with E-state index in [1.54, 1.807) is 4.90 Å². The first-order valence-corrected chi connectivity index (χ1v) is 7.04. The fraction of sp³-hybridized carbons (Fsp3) is 0.846. The molecule has 2 aliphatic carbocycles. The van der Waals surface area contributed by atoms with Crippen LogP contribution >= 0.6 is 0 Å². The van der Waals surface area contributed by atoms with Crippen LogP contribution in [0.2, 0.25) is 0 Å². The summed E-state index contributed by atoms with van der Waals surface area (Å²) in [5.74, 6) is 0.261. The number of fused-ring (bicyclic) bond motifs is 2. The maximum atomic E-state index is 12.5. The average molecular weight is 266 g/mol.